The number of halogens is 2. The number of aliphatic hydroxyl groups is 1. The van der Waals surface area contributed by atoms with Gasteiger partial charge < -0.3 is 10.4 Å². The zero-order valence-corrected chi connectivity index (χ0v) is 12.7. The topological polar surface area (TPSA) is 32.3 Å². The average molecular weight is 310 g/mol. The minimum atomic E-state index is -0.138. The molecule has 0 spiro atoms. The predicted octanol–water partition coefficient (Wildman–Crippen LogP) is 4.38. The molecule has 2 aromatic carbocycles. The minimum Gasteiger partial charge on any atom is -0.394 e. The number of benzene rings is 2. The molecule has 2 nitrogen and oxygen atoms in total. The molecule has 2 atom stereocenters. The Morgan fingerprint density at radius 2 is 1.80 bits per heavy atom. The fourth-order valence-corrected chi connectivity index (χ4v) is 2.64. The highest BCUT2D eigenvalue weighted by Crippen LogP contribution is 2.28. The summed E-state index contributed by atoms with van der Waals surface area (Å²) in [5.74, 6) is 0. The number of rotatable bonds is 5. The van der Waals surface area contributed by atoms with E-state index in [0.29, 0.717) is 10.0 Å². The summed E-state index contributed by atoms with van der Waals surface area (Å²) < 4.78 is 0. The van der Waals surface area contributed by atoms with Gasteiger partial charge in [0, 0.05) is 16.1 Å². The first-order chi connectivity index (χ1) is 9.61. The molecular formula is C16H17Cl2NO. The molecule has 0 aliphatic carbocycles. The molecule has 2 N–H and O–H groups in total. The van der Waals surface area contributed by atoms with E-state index in [2.05, 4.69) is 5.32 Å². The maximum Gasteiger partial charge on any atom is 0.0626 e. The van der Waals surface area contributed by atoms with E-state index in [1.165, 1.54) is 0 Å². The van der Waals surface area contributed by atoms with Crippen LogP contribution in [0.5, 0.6) is 0 Å². The van der Waals surface area contributed by atoms with Crippen molar-refractivity contribution in [3.8, 4) is 0 Å². The van der Waals surface area contributed by atoms with Crippen molar-refractivity contribution < 1.29 is 5.11 Å². The summed E-state index contributed by atoms with van der Waals surface area (Å²) in [6.45, 7) is 2.02. The third kappa shape index (κ3) is 3.74. The molecule has 4 heteroatoms. The van der Waals surface area contributed by atoms with Crippen molar-refractivity contribution in [3.05, 3.63) is 69.7 Å². The molecular weight excluding hydrogens is 293 g/mol. The fourth-order valence-electron chi connectivity index (χ4n) is 2.18. The van der Waals surface area contributed by atoms with Crippen molar-refractivity contribution in [1.82, 2.24) is 5.32 Å². The Balaban J connectivity index is 2.17. The molecule has 0 saturated heterocycles. The van der Waals surface area contributed by atoms with Crippen LogP contribution in [-0.4, -0.2) is 11.7 Å². The van der Waals surface area contributed by atoms with Crippen LogP contribution in [0.15, 0.2) is 48.5 Å². The second-order valence-corrected chi connectivity index (χ2v) is 5.54. The van der Waals surface area contributed by atoms with Crippen LogP contribution in [0.1, 0.15) is 30.1 Å². The smallest absolute Gasteiger partial charge is 0.0626 e. The fraction of sp³-hybridized carbons (Fsp3) is 0.250. The second kappa shape index (κ2) is 7.09. The quantitative estimate of drug-likeness (QED) is 0.859. The molecule has 0 aliphatic rings. The number of nitrogens with one attached hydrogen (secondary N) is 1. The number of aliphatic hydroxyl groups excluding tert-OH is 1. The van der Waals surface area contributed by atoms with Crippen LogP contribution in [0.4, 0.5) is 0 Å². The van der Waals surface area contributed by atoms with Crippen LogP contribution in [-0.2, 0) is 0 Å². The number of hydrogen-bond donors (Lipinski definition) is 2. The van der Waals surface area contributed by atoms with E-state index < -0.39 is 0 Å². The van der Waals surface area contributed by atoms with E-state index in [9.17, 15) is 5.11 Å². The molecule has 106 valence electrons. The van der Waals surface area contributed by atoms with Crippen LogP contribution >= 0.6 is 23.2 Å². The van der Waals surface area contributed by atoms with Gasteiger partial charge in [-0.05, 0) is 36.2 Å². The van der Waals surface area contributed by atoms with E-state index >= 15 is 0 Å². The van der Waals surface area contributed by atoms with Gasteiger partial charge in [-0.25, -0.2) is 0 Å². The van der Waals surface area contributed by atoms with Crippen LogP contribution < -0.4 is 5.32 Å². The average Bonchev–Trinajstić information content (AvgIpc) is 2.48. The summed E-state index contributed by atoms with van der Waals surface area (Å²) in [5, 5.41) is 14.3. The predicted molar refractivity (Wildman–Crippen MR) is 84.3 cm³/mol. The Bertz CT molecular complexity index is 560. The molecule has 0 aliphatic heterocycles. The summed E-state index contributed by atoms with van der Waals surface area (Å²) >= 11 is 12.2. The van der Waals surface area contributed by atoms with Crippen molar-refractivity contribution in [2.75, 3.05) is 6.61 Å². The molecule has 20 heavy (non-hydrogen) atoms. The lowest BCUT2D eigenvalue weighted by Gasteiger charge is -2.23. The molecule has 0 aromatic heterocycles. The van der Waals surface area contributed by atoms with E-state index in [1.807, 2.05) is 43.3 Å². The summed E-state index contributed by atoms with van der Waals surface area (Å²) in [6.07, 6.45) is 0. The maximum absolute atomic E-state index is 9.58. The summed E-state index contributed by atoms with van der Waals surface area (Å²) in [4.78, 5) is 0. The summed E-state index contributed by atoms with van der Waals surface area (Å²) in [7, 11) is 0. The normalized spacial score (nSPS) is 14.0. The summed E-state index contributed by atoms with van der Waals surface area (Å²) in [6, 6.07) is 15.1. The van der Waals surface area contributed by atoms with E-state index in [0.717, 1.165) is 11.1 Å². The Kier molecular flexibility index (Phi) is 5.44. The van der Waals surface area contributed by atoms with E-state index in [1.54, 1.807) is 12.1 Å². The zero-order chi connectivity index (χ0) is 14.5. The van der Waals surface area contributed by atoms with Crippen LogP contribution in [0.25, 0.3) is 0 Å². The zero-order valence-electron chi connectivity index (χ0n) is 11.2. The van der Waals surface area contributed by atoms with Gasteiger partial charge in [0.05, 0.1) is 12.6 Å². The highest BCUT2D eigenvalue weighted by Gasteiger charge is 2.16. The lowest BCUT2D eigenvalue weighted by Crippen LogP contribution is -2.27. The maximum atomic E-state index is 9.58. The molecule has 0 radical (unpaired) electrons. The van der Waals surface area contributed by atoms with Crippen LogP contribution in [0.2, 0.25) is 10.0 Å². The molecule has 0 heterocycles. The molecule has 2 unspecified atom stereocenters. The van der Waals surface area contributed by atoms with Crippen molar-refractivity contribution in [2.45, 2.75) is 19.0 Å². The highest BCUT2D eigenvalue weighted by atomic mass is 35.5. The third-order valence-electron chi connectivity index (χ3n) is 3.26. The molecule has 0 fully saturated rings. The summed E-state index contributed by atoms with van der Waals surface area (Å²) in [5.41, 5.74) is 1.97. The van der Waals surface area contributed by atoms with Crippen molar-refractivity contribution >= 4 is 23.2 Å². The molecule has 0 bridgehead atoms. The van der Waals surface area contributed by atoms with Gasteiger partial charge in [0.2, 0.25) is 0 Å². The van der Waals surface area contributed by atoms with Crippen molar-refractivity contribution in [2.24, 2.45) is 0 Å². The Hall–Kier alpha value is -1.06. The van der Waals surface area contributed by atoms with Gasteiger partial charge in [0.1, 0.15) is 0 Å². The van der Waals surface area contributed by atoms with Gasteiger partial charge in [-0.2, -0.15) is 0 Å². The first-order valence-electron chi connectivity index (χ1n) is 6.48. The largest absolute Gasteiger partial charge is 0.394 e. The second-order valence-electron chi connectivity index (χ2n) is 4.70. The molecule has 2 rings (SSSR count). The molecule has 0 amide bonds. The highest BCUT2D eigenvalue weighted by molar-refractivity contribution is 6.33. The lowest BCUT2D eigenvalue weighted by molar-refractivity contribution is 0.235. The third-order valence-corrected chi connectivity index (χ3v) is 3.84. The molecule has 2 aromatic rings. The van der Waals surface area contributed by atoms with Crippen molar-refractivity contribution in [1.29, 1.82) is 0 Å². The van der Waals surface area contributed by atoms with E-state index in [-0.39, 0.29) is 18.7 Å². The first kappa shape index (κ1) is 15.3. The Morgan fingerprint density at radius 1 is 1.10 bits per heavy atom. The van der Waals surface area contributed by atoms with Gasteiger partial charge in [-0.1, -0.05) is 53.5 Å². The Morgan fingerprint density at radius 3 is 2.45 bits per heavy atom. The monoisotopic (exact) mass is 309 g/mol. The van der Waals surface area contributed by atoms with Gasteiger partial charge in [-0.3, -0.25) is 0 Å². The van der Waals surface area contributed by atoms with Crippen molar-refractivity contribution in [3.63, 3.8) is 0 Å². The van der Waals surface area contributed by atoms with Gasteiger partial charge >= 0.3 is 0 Å². The van der Waals surface area contributed by atoms with E-state index in [4.69, 9.17) is 23.2 Å². The van der Waals surface area contributed by atoms with Gasteiger partial charge in [0.15, 0.2) is 0 Å². The lowest BCUT2D eigenvalue weighted by atomic mass is 10.0. The number of hydrogen-bond acceptors (Lipinski definition) is 2. The van der Waals surface area contributed by atoms with Crippen LogP contribution in [0.3, 0.4) is 0 Å². The van der Waals surface area contributed by atoms with Gasteiger partial charge in [-0.15, -0.1) is 0 Å². The van der Waals surface area contributed by atoms with Gasteiger partial charge in [0.25, 0.3) is 0 Å². The van der Waals surface area contributed by atoms with Crippen LogP contribution in [0, 0.1) is 0 Å². The first-order valence-corrected chi connectivity index (χ1v) is 7.24. The standard InChI is InChI=1S/C16H17Cl2NO/c1-11(14-9-13(17)7-8-15(14)18)19-16(10-20)12-5-3-2-4-6-12/h2-9,11,16,19-20H,10H2,1H3. The SMILES string of the molecule is CC(NC(CO)c1ccccc1)c1cc(Cl)ccc1Cl. The Labute approximate surface area is 129 Å². The minimum absolute atomic E-state index is 0.0152. The molecule has 0 saturated carbocycles.